The maximum atomic E-state index is 11.9. The Morgan fingerprint density at radius 3 is 2.91 bits per heavy atom. The number of carbonyl (C=O) groups is 1. The molecule has 4 heterocycles. The summed E-state index contributed by atoms with van der Waals surface area (Å²) in [6.07, 6.45) is 11.2. The van der Waals surface area contributed by atoms with Gasteiger partial charge >= 0.3 is 0 Å². The molecule has 2 aliphatic heterocycles. The summed E-state index contributed by atoms with van der Waals surface area (Å²) < 4.78 is 2.19. The topological polar surface area (TPSA) is 69.5 Å². The van der Waals surface area contributed by atoms with Gasteiger partial charge in [0.25, 0.3) is 0 Å². The first kappa shape index (κ1) is 23.5. The summed E-state index contributed by atoms with van der Waals surface area (Å²) in [5.74, 6) is 1.84. The first-order valence-corrected chi connectivity index (χ1v) is 12.6. The molecule has 1 amide bonds. The van der Waals surface area contributed by atoms with Crippen LogP contribution in [0.4, 0.5) is 0 Å². The van der Waals surface area contributed by atoms with Crippen LogP contribution < -0.4 is 5.32 Å². The van der Waals surface area contributed by atoms with E-state index in [1.165, 1.54) is 11.3 Å². The maximum Gasteiger partial charge on any atom is 0.217 e. The second-order valence-corrected chi connectivity index (χ2v) is 9.76. The number of rotatable bonds is 6. The molecule has 0 unspecified atom stereocenters. The number of hydrogen-bond acceptors (Lipinski definition) is 6. The van der Waals surface area contributed by atoms with Crippen LogP contribution in [-0.2, 0) is 24.3 Å². The van der Waals surface area contributed by atoms with Crippen LogP contribution in [0.2, 0.25) is 0 Å². The fraction of sp³-hybridized carbons (Fsp3) is 0.481. The minimum absolute atomic E-state index is 0.0462. The Balaban J connectivity index is 1.49. The highest BCUT2D eigenvalue weighted by Gasteiger charge is 2.29. The van der Waals surface area contributed by atoms with Crippen LogP contribution in [0.15, 0.2) is 36.2 Å². The number of aromatic nitrogens is 3. The van der Waals surface area contributed by atoms with Crippen molar-refractivity contribution in [3.05, 3.63) is 64.7 Å². The number of aryl methyl sites for hydroxylation is 1. The van der Waals surface area contributed by atoms with E-state index in [9.17, 15) is 4.79 Å². The minimum Gasteiger partial charge on any atom is -0.351 e. The van der Waals surface area contributed by atoms with Crippen molar-refractivity contribution in [3.8, 4) is 0 Å². The highest BCUT2D eigenvalue weighted by molar-refractivity contribution is 5.73. The molecular weight excluding hydrogens is 438 g/mol. The third kappa shape index (κ3) is 4.96. The van der Waals surface area contributed by atoms with Crippen LogP contribution in [0.25, 0.3) is 11.9 Å². The van der Waals surface area contributed by atoms with Gasteiger partial charge < -0.3 is 15.1 Å². The molecule has 184 valence electrons. The molecule has 1 N–H and O–H groups in total. The molecule has 0 bridgehead atoms. The van der Waals surface area contributed by atoms with Crippen molar-refractivity contribution in [2.24, 2.45) is 0 Å². The molecule has 0 spiro atoms. The average molecular weight is 474 g/mol. The zero-order valence-corrected chi connectivity index (χ0v) is 21.0. The molecule has 1 fully saturated rings. The Labute approximate surface area is 207 Å². The quantitative estimate of drug-likeness (QED) is 0.651. The predicted octanol–water partition coefficient (Wildman–Crippen LogP) is 2.65. The van der Waals surface area contributed by atoms with E-state index in [0.29, 0.717) is 13.1 Å². The largest absolute Gasteiger partial charge is 0.351 e. The molecule has 8 nitrogen and oxygen atoms in total. The van der Waals surface area contributed by atoms with Crippen LogP contribution in [0.1, 0.15) is 54.3 Å². The van der Waals surface area contributed by atoms with E-state index >= 15 is 0 Å². The number of amides is 1. The van der Waals surface area contributed by atoms with Gasteiger partial charge in [0, 0.05) is 45.8 Å². The van der Waals surface area contributed by atoms with Gasteiger partial charge in [-0.3, -0.25) is 19.2 Å². The maximum absolute atomic E-state index is 11.9. The van der Waals surface area contributed by atoms with Crippen molar-refractivity contribution in [1.82, 2.24) is 34.6 Å². The number of imidazole rings is 1. The summed E-state index contributed by atoms with van der Waals surface area (Å²) in [6.45, 7) is 6.56. The van der Waals surface area contributed by atoms with E-state index in [4.69, 9.17) is 9.97 Å². The van der Waals surface area contributed by atoms with E-state index in [0.717, 1.165) is 68.5 Å². The van der Waals surface area contributed by atoms with Crippen molar-refractivity contribution in [2.45, 2.75) is 45.3 Å². The molecule has 2 aromatic heterocycles. The lowest BCUT2D eigenvalue weighted by atomic mass is 9.91. The van der Waals surface area contributed by atoms with Crippen LogP contribution in [-0.4, -0.2) is 75.4 Å². The van der Waals surface area contributed by atoms with Crippen molar-refractivity contribution >= 4 is 17.8 Å². The Kier molecular flexibility index (Phi) is 6.86. The lowest BCUT2D eigenvalue weighted by Gasteiger charge is -2.35. The Morgan fingerprint density at radius 1 is 1.29 bits per heavy atom. The number of piperazine rings is 1. The van der Waals surface area contributed by atoms with Crippen molar-refractivity contribution in [2.75, 3.05) is 40.3 Å². The van der Waals surface area contributed by atoms with Gasteiger partial charge in [-0.1, -0.05) is 17.9 Å². The third-order valence-electron chi connectivity index (χ3n) is 7.25. The lowest BCUT2D eigenvalue weighted by molar-refractivity contribution is -0.119. The molecule has 5 rings (SSSR count). The normalized spacial score (nSPS) is 19.8. The zero-order chi connectivity index (χ0) is 24.4. The van der Waals surface area contributed by atoms with Crippen LogP contribution in [0.5, 0.6) is 0 Å². The number of allylic oxidation sites excluding steroid dienone is 2. The second kappa shape index (κ2) is 10.2. The number of nitrogens with zero attached hydrogens (tertiary/aromatic N) is 6. The molecule has 3 aliphatic rings. The van der Waals surface area contributed by atoms with Crippen molar-refractivity contribution in [3.63, 3.8) is 0 Å². The molecular formula is C27H35N7O. The highest BCUT2D eigenvalue weighted by atomic mass is 16.1. The summed E-state index contributed by atoms with van der Waals surface area (Å²) in [5.41, 5.74) is 8.03. The van der Waals surface area contributed by atoms with Gasteiger partial charge in [0.15, 0.2) is 5.82 Å². The van der Waals surface area contributed by atoms with Crippen LogP contribution in [0.3, 0.4) is 0 Å². The van der Waals surface area contributed by atoms with Gasteiger partial charge in [-0.2, -0.15) is 0 Å². The molecule has 0 saturated carbocycles. The van der Waals surface area contributed by atoms with Crippen LogP contribution in [0, 0.1) is 0 Å². The molecule has 1 atom stereocenters. The van der Waals surface area contributed by atoms with Crippen molar-refractivity contribution < 1.29 is 4.79 Å². The molecule has 1 saturated heterocycles. The molecule has 0 aromatic carbocycles. The van der Waals surface area contributed by atoms with Gasteiger partial charge in [-0.15, -0.1) is 0 Å². The molecule has 35 heavy (non-hydrogen) atoms. The van der Waals surface area contributed by atoms with E-state index < -0.39 is 0 Å². The lowest BCUT2D eigenvalue weighted by Crippen LogP contribution is -2.44. The fourth-order valence-corrected chi connectivity index (χ4v) is 5.32. The van der Waals surface area contributed by atoms with E-state index in [2.05, 4.69) is 50.5 Å². The SMILES string of the molecule is CC(=O)NCc1c(CN(C)[C@H]2CCCc3cccnc32)nc2n1C(N1CCN(C)CC1)=C=CC=C2. The highest BCUT2D eigenvalue weighted by Crippen LogP contribution is 2.33. The van der Waals surface area contributed by atoms with Gasteiger partial charge in [-0.25, -0.2) is 4.98 Å². The van der Waals surface area contributed by atoms with Gasteiger partial charge in [0.05, 0.1) is 29.7 Å². The molecule has 1 aliphatic carbocycles. The predicted molar refractivity (Wildman–Crippen MR) is 137 cm³/mol. The minimum atomic E-state index is -0.0462. The number of likely N-dealkylation sites (N-methyl/N-ethyl adjacent to an activating group) is 1. The summed E-state index contributed by atoms with van der Waals surface area (Å²) >= 11 is 0. The van der Waals surface area contributed by atoms with Crippen LogP contribution >= 0.6 is 0 Å². The summed E-state index contributed by atoms with van der Waals surface area (Å²) in [4.78, 5) is 28.8. The average Bonchev–Trinajstić information content (AvgIpc) is 3.05. The number of pyridine rings is 1. The van der Waals surface area contributed by atoms with Gasteiger partial charge in [0.2, 0.25) is 5.91 Å². The summed E-state index contributed by atoms with van der Waals surface area (Å²) in [7, 11) is 4.32. The van der Waals surface area contributed by atoms with Crippen molar-refractivity contribution in [1.29, 1.82) is 0 Å². The molecule has 8 heteroatoms. The summed E-state index contributed by atoms with van der Waals surface area (Å²) in [6, 6.07) is 4.50. The number of carbonyl (C=O) groups excluding carboxylic acids is 1. The standard InChI is InChI=1S/C27H35N7O/c1-20(35)29-18-24-22(19-32(3)23-10-6-8-21-9-7-13-28-27(21)23)30-25-11-4-5-12-26(34(24)25)33-16-14-31(2)15-17-33/h4-5,7,9,11,13,23H,6,8,10,14-19H2,1-3H3,(H,29,35)/t23-/m0/s1. The first-order chi connectivity index (χ1) is 17.0. The smallest absolute Gasteiger partial charge is 0.217 e. The fourth-order valence-electron chi connectivity index (χ4n) is 5.32. The summed E-state index contributed by atoms with van der Waals surface area (Å²) in [5, 5.41) is 3.03. The van der Waals surface area contributed by atoms with E-state index in [-0.39, 0.29) is 11.9 Å². The number of nitrogens with one attached hydrogen (secondary N) is 1. The molecule has 0 radical (unpaired) electrons. The number of fused-ring (bicyclic) bond motifs is 2. The Morgan fingerprint density at radius 2 is 2.11 bits per heavy atom. The molecule has 2 aromatic rings. The first-order valence-electron chi connectivity index (χ1n) is 12.6. The zero-order valence-electron chi connectivity index (χ0n) is 21.0. The Hall–Kier alpha value is -3.19. The van der Waals surface area contributed by atoms with E-state index in [1.807, 2.05) is 30.5 Å². The number of hydrogen-bond donors (Lipinski definition) is 1. The van der Waals surface area contributed by atoms with E-state index in [1.54, 1.807) is 6.92 Å². The Bertz CT molecular complexity index is 1180. The second-order valence-electron chi connectivity index (χ2n) is 9.76. The third-order valence-corrected chi connectivity index (χ3v) is 7.25. The monoisotopic (exact) mass is 473 g/mol. The van der Waals surface area contributed by atoms with Gasteiger partial charge in [-0.05, 0) is 57.1 Å². The van der Waals surface area contributed by atoms with Gasteiger partial charge in [0.1, 0.15) is 5.82 Å².